The van der Waals surface area contributed by atoms with Gasteiger partial charge in [0.25, 0.3) is 0 Å². The van der Waals surface area contributed by atoms with Gasteiger partial charge in [0.1, 0.15) is 17.3 Å². The average Bonchev–Trinajstić information content (AvgIpc) is 2.79. The molecule has 0 aliphatic carbocycles. The van der Waals surface area contributed by atoms with E-state index in [1.807, 2.05) is 48.5 Å². The number of para-hydroxylation sites is 2. The van der Waals surface area contributed by atoms with Crippen LogP contribution < -0.4 is 25.8 Å². The summed E-state index contributed by atoms with van der Waals surface area (Å²) in [6.45, 7) is 0.567. The molecule has 10 heteroatoms. The van der Waals surface area contributed by atoms with E-state index in [-0.39, 0.29) is 11.9 Å². The van der Waals surface area contributed by atoms with Crippen LogP contribution in [0.25, 0.3) is 0 Å². The Morgan fingerprint density at radius 1 is 1.03 bits per heavy atom. The van der Waals surface area contributed by atoms with Gasteiger partial charge in [-0.15, -0.1) is 11.8 Å². The first-order valence-corrected chi connectivity index (χ1v) is 11.1. The fourth-order valence-electron chi connectivity index (χ4n) is 2.85. The molecule has 4 N–H and O–H groups in total. The van der Waals surface area contributed by atoms with Crippen molar-refractivity contribution in [3.8, 4) is 11.5 Å². The van der Waals surface area contributed by atoms with Crippen molar-refractivity contribution in [3.05, 3.63) is 59.9 Å². The summed E-state index contributed by atoms with van der Waals surface area (Å²) in [6, 6.07) is 15.2. The fourth-order valence-corrected chi connectivity index (χ4v) is 3.55. The number of aromatic nitrogens is 3. The second-order valence-electron chi connectivity index (χ2n) is 6.70. The molecule has 0 atom stereocenters. The molecule has 0 radical (unpaired) electrons. The summed E-state index contributed by atoms with van der Waals surface area (Å²) < 4.78 is 10.5. The first-order valence-electron chi connectivity index (χ1n) is 9.95. The van der Waals surface area contributed by atoms with Crippen LogP contribution in [-0.2, 0) is 17.0 Å². The zero-order chi connectivity index (χ0) is 22.8. The summed E-state index contributed by atoms with van der Waals surface area (Å²) in [6.07, 6.45) is 0.752. The van der Waals surface area contributed by atoms with Crippen molar-refractivity contribution >= 4 is 35.3 Å². The molecule has 0 saturated heterocycles. The highest BCUT2D eigenvalue weighted by atomic mass is 32.2. The predicted molar refractivity (Wildman–Crippen MR) is 126 cm³/mol. The third kappa shape index (κ3) is 7.02. The minimum absolute atomic E-state index is 0.0436. The van der Waals surface area contributed by atoms with Crippen molar-refractivity contribution in [2.24, 2.45) is 0 Å². The molecule has 32 heavy (non-hydrogen) atoms. The molecule has 3 aromatic rings. The number of ether oxygens (including phenoxy) is 2. The molecule has 0 spiro atoms. The van der Waals surface area contributed by atoms with Gasteiger partial charge in [0.2, 0.25) is 17.8 Å². The first kappa shape index (κ1) is 23.1. The Balaban J connectivity index is 1.45. The smallest absolute Gasteiger partial charge is 0.232 e. The van der Waals surface area contributed by atoms with Gasteiger partial charge in [0.05, 0.1) is 31.4 Å². The maximum Gasteiger partial charge on any atom is 0.232 e. The Bertz CT molecular complexity index is 1030. The molecule has 1 aromatic heterocycles. The Morgan fingerprint density at radius 3 is 2.56 bits per heavy atom. The number of carbonyl (C=O) groups is 1. The number of anilines is 3. The maximum atomic E-state index is 12.1. The van der Waals surface area contributed by atoms with Gasteiger partial charge in [0, 0.05) is 6.54 Å². The molecular weight excluding hydrogens is 428 g/mol. The van der Waals surface area contributed by atoms with Gasteiger partial charge in [0.15, 0.2) is 0 Å². The van der Waals surface area contributed by atoms with Crippen LogP contribution in [0.5, 0.6) is 11.5 Å². The first-order chi connectivity index (χ1) is 15.6. The molecule has 0 fully saturated rings. The number of nitrogen functional groups attached to an aromatic ring is 1. The summed E-state index contributed by atoms with van der Waals surface area (Å²) >= 11 is 1.41. The molecule has 0 saturated carbocycles. The van der Waals surface area contributed by atoms with Crippen molar-refractivity contribution in [1.82, 2.24) is 20.3 Å². The van der Waals surface area contributed by atoms with Gasteiger partial charge in [-0.1, -0.05) is 24.3 Å². The largest absolute Gasteiger partial charge is 0.497 e. The summed E-state index contributed by atoms with van der Waals surface area (Å²) in [5, 5.41) is 6.01. The van der Waals surface area contributed by atoms with E-state index in [1.54, 1.807) is 14.2 Å². The molecule has 0 bridgehead atoms. The van der Waals surface area contributed by atoms with Gasteiger partial charge in [-0.2, -0.15) is 15.0 Å². The third-order valence-electron chi connectivity index (χ3n) is 4.41. The number of carbonyl (C=O) groups excluding carboxylic acids is 1. The number of nitrogens with zero attached hydrogens (tertiary/aromatic N) is 3. The van der Waals surface area contributed by atoms with E-state index in [0.717, 1.165) is 23.4 Å². The van der Waals surface area contributed by atoms with Crippen LogP contribution in [0.4, 0.5) is 17.6 Å². The minimum atomic E-state index is -0.0436. The minimum Gasteiger partial charge on any atom is -0.497 e. The average molecular weight is 455 g/mol. The molecule has 0 aliphatic rings. The number of hydrogen-bond donors (Lipinski definition) is 3. The highest BCUT2D eigenvalue weighted by Gasteiger charge is 2.09. The van der Waals surface area contributed by atoms with E-state index in [4.69, 9.17) is 15.2 Å². The Hall–Kier alpha value is -3.53. The summed E-state index contributed by atoms with van der Waals surface area (Å²) in [4.78, 5) is 24.8. The van der Waals surface area contributed by atoms with Crippen molar-refractivity contribution in [2.75, 3.05) is 37.6 Å². The van der Waals surface area contributed by atoms with Gasteiger partial charge in [-0.05, 0) is 36.2 Å². The van der Waals surface area contributed by atoms with Crippen LogP contribution in [-0.4, -0.2) is 47.4 Å². The molecule has 9 nitrogen and oxygen atoms in total. The van der Waals surface area contributed by atoms with E-state index in [1.165, 1.54) is 11.8 Å². The fraction of sp³-hybridized carbons (Fsp3) is 0.273. The second kappa shape index (κ2) is 11.8. The second-order valence-corrected chi connectivity index (χ2v) is 7.69. The Morgan fingerprint density at radius 2 is 1.81 bits per heavy atom. The quantitative estimate of drug-likeness (QED) is 0.401. The van der Waals surface area contributed by atoms with Crippen molar-refractivity contribution in [1.29, 1.82) is 0 Å². The molecule has 168 valence electrons. The van der Waals surface area contributed by atoms with Gasteiger partial charge >= 0.3 is 0 Å². The lowest BCUT2D eigenvalue weighted by molar-refractivity contribution is -0.118. The van der Waals surface area contributed by atoms with Gasteiger partial charge in [-0.3, -0.25) is 4.79 Å². The van der Waals surface area contributed by atoms with Gasteiger partial charge < -0.3 is 25.8 Å². The molecule has 0 unspecified atom stereocenters. The SMILES string of the molecule is COc1ccc(CCNC(=O)CSCc2nc(N)nc(Nc3ccccc3OC)n2)cc1. The van der Waals surface area contributed by atoms with Crippen molar-refractivity contribution in [3.63, 3.8) is 0 Å². The predicted octanol–water partition coefficient (Wildman–Crippen LogP) is 2.81. The van der Waals surface area contributed by atoms with Crippen LogP contribution in [0, 0.1) is 0 Å². The van der Waals surface area contributed by atoms with E-state index in [9.17, 15) is 4.79 Å². The lowest BCUT2D eigenvalue weighted by Gasteiger charge is -2.10. The van der Waals surface area contributed by atoms with Gasteiger partial charge in [-0.25, -0.2) is 0 Å². The Labute approximate surface area is 191 Å². The molecule has 2 aromatic carbocycles. The lowest BCUT2D eigenvalue weighted by atomic mass is 10.1. The number of methoxy groups -OCH3 is 2. The van der Waals surface area contributed by atoms with Crippen LogP contribution >= 0.6 is 11.8 Å². The molecule has 3 rings (SSSR count). The number of thioether (sulfide) groups is 1. The van der Waals surface area contributed by atoms with E-state index in [0.29, 0.717) is 35.6 Å². The summed E-state index contributed by atoms with van der Waals surface area (Å²) in [7, 11) is 3.22. The summed E-state index contributed by atoms with van der Waals surface area (Å²) in [5.74, 6) is 3.08. The highest BCUT2D eigenvalue weighted by Crippen LogP contribution is 2.25. The number of rotatable bonds is 11. The number of nitrogens with one attached hydrogen (secondary N) is 2. The van der Waals surface area contributed by atoms with Crippen LogP contribution in [0.1, 0.15) is 11.4 Å². The van der Waals surface area contributed by atoms with E-state index >= 15 is 0 Å². The molecule has 0 aliphatic heterocycles. The topological polar surface area (TPSA) is 124 Å². The zero-order valence-electron chi connectivity index (χ0n) is 18.0. The van der Waals surface area contributed by atoms with Crippen molar-refractivity contribution in [2.45, 2.75) is 12.2 Å². The standard InChI is InChI=1S/C22H26N6O3S/c1-30-16-9-7-15(8-10-16)11-12-24-20(29)14-32-13-19-26-21(23)28-22(27-19)25-17-5-3-4-6-18(17)31-2/h3-10H,11-14H2,1-2H3,(H,24,29)(H3,23,25,26,27,28). The normalized spacial score (nSPS) is 10.4. The highest BCUT2D eigenvalue weighted by molar-refractivity contribution is 7.99. The number of benzene rings is 2. The summed E-state index contributed by atoms with van der Waals surface area (Å²) in [5.41, 5.74) is 7.68. The van der Waals surface area contributed by atoms with Crippen LogP contribution in [0.2, 0.25) is 0 Å². The molecule has 1 heterocycles. The monoisotopic (exact) mass is 454 g/mol. The number of amides is 1. The third-order valence-corrected chi connectivity index (χ3v) is 5.34. The van der Waals surface area contributed by atoms with Crippen LogP contribution in [0.15, 0.2) is 48.5 Å². The Kier molecular flexibility index (Phi) is 8.50. The van der Waals surface area contributed by atoms with E-state index < -0.39 is 0 Å². The van der Waals surface area contributed by atoms with Crippen LogP contribution in [0.3, 0.4) is 0 Å². The van der Waals surface area contributed by atoms with Crippen molar-refractivity contribution < 1.29 is 14.3 Å². The van der Waals surface area contributed by atoms with E-state index in [2.05, 4.69) is 25.6 Å². The lowest BCUT2D eigenvalue weighted by Crippen LogP contribution is -2.27. The molecule has 1 amide bonds. The molecular formula is C22H26N6O3S. The zero-order valence-corrected chi connectivity index (χ0v) is 18.8. The number of hydrogen-bond acceptors (Lipinski definition) is 9. The maximum absolute atomic E-state index is 12.1. The number of nitrogens with two attached hydrogens (primary N) is 1.